The van der Waals surface area contributed by atoms with Crippen molar-refractivity contribution < 1.29 is 14.7 Å². The number of hydrogen-bond acceptors (Lipinski definition) is 3. The highest BCUT2D eigenvalue weighted by Crippen LogP contribution is 2.53. The van der Waals surface area contributed by atoms with Gasteiger partial charge < -0.3 is 10.4 Å². The van der Waals surface area contributed by atoms with Gasteiger partial charge in [-0.1, -0.05) is 41.5 Å². The fourth-order valence-electron chi connectivity index (χ4n) is 3.34. The van der Waals surface area contributed by atoms with Crippen LogP contribution in [0, 0.1) is 16.7 Å². The summed E-state index contributed by atoms with van der Waals surface area (Å²) in [6, 6.07) is 0. The Morgan fingerprint density at radius 2 is 1.60 bits per heavy atom. The van der Waals surface area contributed by atoms with Crippen molar-refractivity contribution in [3.8, 4) is 0 Å². The monoisotopic (exact) mass is 301 g/mol. The Balaban J connectivity index is 2.85. The molecule has 0 heterocycles. The van der Waals surface area contributed by atoms with Gasteiger partial charge >= 0.3 is 5.97 Å². The predicted molar refractivity (Wildman–Crippen MR) is 82.6 cm³/mol. The Morgan fingerprint density at radius 3 is 1.95 bits per heavy atom. The quantitative estimate of drug-likeness (QED) is 0.766. The van der Waals surface area contributed by atoms with Crippen LogP contribution in [0.15, 0.2) is 0 Å². The molecule has 5 heteroatoms. The Kier molecular flexibility index (Phi) is 5.17. The lowest BCUT2D eigenvalue weighted by molar-refractivity contribution is -0.141. The van der Waals surface area contributed by atoms with Gasteiger partial charge in [0.1, 0.15) is 0 Å². The van der Waals surface area contributed by atoms with E-state index in [1.54, 1.807) is 0 Å². The molecule has 0 aromatic rings. The summed E-state index contributed by atoms with van der Waals surface area (Å²) in [6.45, 7) is 12.2. The molecule has 116 valence electrons. The fraction of sp³-hybridized carbons (Fsp3) is 0.867. The zero-order chi connectivity index (χ0) is 15.7. The third kappa shape index (κ3) is 3.90. The second kappa shape index (κ2) is 5.96. The average molecular weight is 301 g/mol. The first-order valence-electron chi connectivity index (χ1n) is 7.16. The maximum Gasteiger partial charge on any atom is 0.336 e. The minimum atomic E-state index is -0.981. The second-order valence-electron chi connectivity index (χ2n) is 7.32. The summed E-state index contributed by atoms with van der Waals surface area (Å²) in [7, 11) is 0. The number of carboxylic acid groups (broad SMARTS) is 1. The summed E-state index contributed by atoms with van der Waals surface area (Å²) in [6.07, 6.45) is 1.99. The van der Waals surface area contributed by atoms with E-state index < -0.39 is 11.3 Å². The van der Waals surface area contributed by atoms with Gasteiger partial charge in [-0.2, -0.15) is 0 Å². The summed E-state index contributed by atoms with van der Waals surface area (Å²) < 4.78 is 0. The lowest BCUT2D eigenvalue weighted by Gasteiger charge is -2.34. The molecule has 0 radical (unpaired) electrons. The van der Waals surface area contributed by atoms with Gasteiger partial charge in [-0.25, -0.2) is 4.79 Å². The lowest BCUT2D eigenvalue weighted by Crippen LogP contribution is -2.48. The van der Waals surface area contributed by atoms with Crippen molar-refractivity contribution in [2.24, 2.45) is 16.7 Å². The second-order valence-corrected chi connectivity index (χ2v) is 9.01. The van der Waals surface area contributed by atoms with Gasteiger partial charge in [-0.3, -0.25) is 4.79 Å². The number of thioether (sulfide) groups is 1. The van der Waals surface area contributed by atoms with E-state index >= 15 is 0 Å². The van der Waals surface area contributed by atoms with E-state index in [4.69, 9.17) is 0 Å². The molecule has 1 rings (SSSR count). The van der Waals surface area contributed by atoms with Crippen LogP contribution in [0.1, 0.15) is 54.4 Å². The van der Waals surface area contributed by atoms with Crippen molar-refractivity contribution in [1.82, 2.24) is 5.32 Å². The molecule has 0 aliphatic heterocycles. The van der Waals surface area contributed by atoms with Crippen LogP contribution >= 0.6 is 11.8 Å². The topological polar surface area (TPSA) is 66.4 Å². The molecule has 1 aliphatic carbocycles. The van der Waals surface area contributed by atoms with Crippen molar-refractivity contribution in [1.29, 1.82) is 0 Å². The van der Waals surface area contributed by atoms with Crippen LogP contribution in [-0.4, -0.2) is 27.6 Å². The van der Waals surface area contributed by atoms with Gasteiger partial charge in [0.25, 0.3) is 0 Å². The number of aliphatic carboxylic acids is 1. The van der Waals surface area contributed by atoms with Crippen molar-refractivity contribution in [2.45, 2.75) is 65.0 Å². The minimum Gasteiger partial charge on any atom is -0.479 e. The summed E-state index contributed by atoms with van der Waals surface area (Å²) in [5.74, 6) is -1.26. The molecule has 0 bridgehead atoms. The summed E-state index contributed by atoms with van der Waals surface area (Å²) >= 11 is 1.26. The number of carbonyl (C=O) groups excluding carboxylic acids is 1. The molecule has 1 fully saturated rings. The normalized spacial score (nSPS) is 22.8. The molecular weight excluding hydrogens is 274 g/mol. The predicted octanol–water partition coefficient (Wildman–Crippen LogP) is 3.12. The highest BCUT2D eigenvalue weighted by Gasteiger charge is 2.51. The molecule has 2 N–H and O–H groups in total. The van der Waals surface area contributed by atoms with Crippen molar-refractivity contribution in [3.05, 3.63) is 0 Å². The zero-order valence-corrected chi connectivity index (χ0v) is 14.1. The van der Waals surface area contributed by atoms with Crippen molar-refractivity contribution >= 4 is 23.6 Å². The van der Waals surface area contributed by atoms with Gasteiger partial charge in [-0.05, 0) is 23.7 Å². The first kappa shape index (κ1) is 17.3. The molecule has 0 saturated heterocycles. The summed E-state index contributed by atoms with van der Waals surface area (Å²) in [4.78, 5) is 23.9. The first-order valence-corrected chi connectivity index (χ1v) is 8.10. The van der Waals surface area contributed by atoms with Gasteiger partial charge in [-0.15, -0.1) is 11.8 Å². The third-order valence-electron chi connectivity index (χ3n) is 4.14. The number of rotatable bonds is 5. The molecule has 20 heavy (non-hydrogen) atoms. The Hall–Kier alpha value is -0.710. The number of carbonyl (C=O) groups is 2. The van der Waals surface area contributed by atoms with Crippen LogP contribution in [0.5, 0.6) is 0 Å². The minimum absolute atomic E-state index is 0.0842. The number of amides is 1. The van der Waals surface area contributed by atoms with Gasteiger partial charge in [0.15, 0.2) is 5.37 Å². The molecule has 4 nitrogen and oxygen atoms in total. The van der Waals surface area contributed by atoms with Crippen LogP contribution < -0.4 is 5.32 Å². The number of carboxylic acids is 1. The van der Waals surface area contributed by atoms with Crippen LogP contribution in [0.4, 0.5) is 0 Å². The standard InChI is InChI=1S/C15H27NO3S/c1-9(2)20-12(13(18)19)16-11(17)10-14(3,4)7-8-15(10,5)6/h9-10,12H,7-8H2,1-6H3,(H,16,17)(H,18,19). The van der Waals surface area contributed by atoms with E-state index in [1.165, 1.54) is 11.8 Å². The van der Waals surface area contributed by atoms with E-state index in [1.807, 2.05) is 13.8 Å². The number of nitrogens with one attached hydrogen (secondary N) is 1. The first-order chi connectivity index (χ1) is 8.97. The maximum atomic E-state index is 12.6. The molecule has 1 atom stereocenters. The highest BCUT2D eigenvalue weighted by atomic mass is 32.2. The molecule has 1 aliphatic rings. The van der Waals surface area contributed by atoms with Crippen LogP contribution in [0.2, 0.25) is 0 Å². The molecule has 0 aromatic heterocycles. The largest absolute Gasteiger partial charge is 0.479 e. The molecule has 0 spiro atoms. The fourth-order valence-corrected chi connectivity index (χ4v) is 4.18. The SMILES string of the molecule is CC(C)SC(NC(=O)C1C(C)(C)CCC1(C)C)C(=O)O. The summed E-state index contributed by atoms with van der Waals surface area (Å²) in [5.41, 5.74) is -0.168. The number of hydrogen-bond donors (Lipinski definition) is 2. The molecule has 1 saturated carbocycles. The average Bonchev–Trinajstić information content (AvgIpc) is 2.46. The maximum absolute atomic E-state index is 12.6. The van der Waals surface area contributed by atoms with E-state index in [2.05, 4.69) is 33.0 Å². The molecule has 0 aromatic carbocycles. The molecule has 1 amide bonds. The van der Waals surface area contributed by atoms with Crippen molar-refractivity contribution in [2.75, 3.05) is 0 Å². The van der Waals surface area contributed by atoms with Crippen LogP contribution in [0.25, 0.3) is 0 Å². The smallest absolute Gasteiger partial charge is 0.336 e. The van der Waals surface area contributed by atoms with E-state index in [0.717, 1.165) is 12.8 Å². The Bertz CT molecular complexity index is 375. The molecular formula is C15H27NO3S. The van der Waals surface area contributed by atoms with Gasteiger partial charge in [0, 0.05) is 11.2 Å². The summed E-state index contributed by atoms with van der Waals surface area (Å²) in [5, 5.41) is 11.3. The third-order valence-corrected chi connectivity index (χ3v) is 5.28. The van der Waals surface area contributed by atoms with E-state index in [0.29, 0.717) is 0 Å². The van der Waals surface area contributed by atoms with E-state index in [-0.39, 0.29) is 27.9 Å². The lowest BCUT2D eigenvalue weighted by atomic mass is 9.72. The zero-order valence-electron chi connectivity index (χ0n) is 13.3. The van der Waals surface area contributed by atoms with E-state index in [9.17, 15) is 14.7 Å². The van der Waals surface area contributed by atoms with Crippen LogP contribution in [0.3, 0.4) is 0 Å². The van der Waals surface area contributed by atoms with Gasteiger partial charge in [0.2, 0.25) is 5.91 Å². The highest BCUT2D eigenvalue weighted by molar-refractivity contribution is 8.01. The van der Waals surface area contributed by atoms with Crippen molar-refractivity contribution in [3.63, 3.8) is 0 Å². The molecule has 1 unspecified atom stereocenters. The van der Waals surface area contributed by atoms with Gasteiger partial charge in [0.05, 0.1) is 0 Å². The Labute approximate surface area is 126 Å². The Morgan fingerprint density at radius 1 is 1.15 bits per heavy atom. The van der Waals surface area contributed by atoms with Crippen LogP contribution in [-0.2, 0) is 9.59 Å².